The van der Waals surface area contributed by atoms with Crippen LogP contribution >= 0.6 is 31.9 Å². The van der Waals surface area contributed by atoms with Gasteiger partial charge in [-0.1, -0.05) is 13.8 Å². The first-order valence-corrected chi connectivity index (χ1v) is 5.58. The van der Waals surface area contributed by atoms with Crippen molar-refractivity contribution in [2.24, 2.45) is 5.92 Å². The highest BCUT2D eigenvalue weighted by atomic mass is 79.9. The van der Waals surface area contributed by atoms with Gasteiger partial charge in [0.25, 0.3) is 0 Å². The number of aromatic nitrogens is 2. The molecule has 4 nitrogen and oxygen atoms in total. The molecule has 0 radical (unpaired) electrons. The van der Waals surface area contributed by atoms with Gasteiger partial charge in [-0.3, -0.25) is 4.79 Å². The smallest absolute Gasteiger partial charge is 0.228 e. The lowest BCUT2D eigenvalue weighted by Crippen LogP contribution is -2.19. The molecular weight excluding hydrogens is 314 g/mol. The molecule has 0 fully saturated rings. The van der Waals surface area contributed by atoms with Crippen LogP contribution in [0.1, 0.15) is 13.8 Å². The van der Waals surface area contributed by atoms with E-state index in [9.17, 15) is 4.79 Å². The van der Waals surface area contributed by atoms with Crippen molar-refractivity contribution in [3.63, 3.8) is 0 Å². The van der Waals surface area contributed by atoms with E-state index < -0.39 is 0 Å². The van der Waals surface area contributed by atoms with E-state index in [0.29, 0.717) is 15.0 Å². The van der Waals surface area contributed by atoms with Crippen molar-refractivity contribution >= 4 is 43.6 Å². The van der Waals surface area contributed by atoms with Crippen LogP contribution in [0.25, 0.3) is 0 Å². The van der Waals surface area contributed by atoms with Gasteiger partial charge < -0.3 is 5.32 Å². The molecule has 1 amide bonds. The van der Waals surface area contributed by atoms with Crippen LogP contribution < -0.4 is 5.32 Å². The molecule has 0 saturated carbocycles. The number of rotatable bonds is 2. The van der Waals surface area contributed by atoms with Gasteiger partial charge in [0.05, 0.1) is 6.20 Å². The number of nitrogens with zero attached hydrogens (tertiary/aromatic N) is 2. The average molecular weight is 323 g/mol. The summed E-state index contributed by atoms with van der Waals surface area (Å²) in [5.41, 5.74) is 0. The Bertz CT molecular complexity index is 354. The Kier molecular flexibility index (Phi) is 4.00. The monoisotopic (exact) mass is 321 g/mol. The Morgan fingerprint density at radius 2 is 2.14 bits per heavy atom. The first kappa shape index (κ1) is 11.6. The van der Waals surface area contributed by atoms with Gasteiger partial charge in [-0.25, -0.2) is 9.97 Å². The topological polar surface area (TPSA) is 54.9 Å². The standard InChI is InChI=1S/C8H9Br2N3O/c1-4(2)8(14)13-7-6(10)12-5(9)3-11-7/h3-4H,1-2H3,(H,11,13,14). The summed E-state index contributed by atoms with van der Waals surface area (Å²) in [6, 6.07) is 0. The maximum Gasteiger partial charge on any atom is 0.228 e. The zero-order chi connectivity index (χ0) is 10.7. The number of nitrogens with one attached hydrogen (secondary N) is 1. The molecule has 76 valence electrons. The van der Waals surface area contributed by atoms with Gasteiger partial charge >= 0.3 is 0 Å². The maximum absolute atomic E-state index is 11.3. The number of carbonyl (C=O) groups excluding carboxylic acids is 1. The third-order valence-corrected chi connectivity index (χ3v) is 2.40. The SMILES string of the molecule is CC(C)C(=O)Nc1ncc(Br)nc1Br. The predicted molar refractivity (Wildman–Crippen MR) is 60.9 cm³/mol. The van der Waals surface area contributed by atoms with Crippen molar-refractivity contribution in [2.45, 2.75) is 13.8 Å². The molecule has 0 spiro atoms. The molecule has 1 heterocycles. The van der Waals surface area contributed by atoms with E-state index in [1.54, 1.807) is 0 Å². The van der Waals surface area contributed by atoms with Crippen molar-refractivity contribution in [1.82, 2.24) is 9.97 Å². The van der Waals surface area contributed by atoms with E-state index in [1.165, 1.54) is 6.20 Å². The van der Waals surface area contributed by atoms with Gasteiger partial charge in [-0.2, -0.15) is 0 Å². The van der Waals surface area contributed by atoms with E-state index in [2.05, 4.69) is 47.1 Å². The molecule has 1 aromatic heterocycles. The first-order valence-electron chi connectivity index (χ1n) is 3.99. The van der Waals surface area contributed by atoms with E-state index in [1.807, 2.05) is 13.8 Å². The minimum atomic E-state index is -0.0812. The van der Waals surface area contributed by atoms with E-state index >= 15 is 0 Å². The molecular formula is C8H9Br2N3O. The van der Waals surface area contributed by atoms with Gasteiger partial charge in [0.15, 0.2) is 5.82 Å². The first-order chi connectivity index (χ1) is 6.50. The fraction of sp³-hybridized carbons (Fsp3) is 0.375. The molecule has 1 rings (SSSR count). The van der Waals surface area contributed by atoms with Gasteiger partial charge in [-0.15, -0.1) is 0 Å². The molecule has 0 atom stereocenters. The summed E-state index contributed by atoms with van der Waals surface area (Å²) in [5.74, 6) is 0.279. The van der Waals surface area contributed by atoms with Crippen LogP contribution in [0.3, 0.4) is 0 Å². The van der Waals surface area contributed by atoms with Crippen molar-refractivity contribution in [2.75, 3.05) is 5.32 Å². The highest BCUT2D eigenvalue weighted by Crippen LogP contribution is 2.19. The number of carbonyl (C=O) groups is 1. The molecule has 1 aromatic rings. The van der Waals surface area contributed by atoms with E-state index in [4.69, 9.17) is 0 Å². The second kappa shape index (κ2) is 4.84. The lowest BCUT2D eigenvalue weighted by molar-refractivity contribution is -0.118. The minimum absolute atomic E-state index is 0.0765. The molecule has 0 aliphatic carbocycles. The maximum atomic E-state index is 11.3. The fourth-order valence-corrected chi connectivity index (χ4v) is 1.60. The van der Waals surface area contributed by atoms with Crippen LogP contribution in [-0.2, 0) is 4.79 Å². The van der Waals surface area contributed by atoms with Crippen LogP contribution in [0, 0.1) is 5.92 Å². The lowest BCUT2D eigenvalue weighted by Gasteiger charge is -2.07. The quantitative estimate of drug-likeness (QED) is 0.910. The van der Waals surface area contributed by atoms with Crippen molar-refractivity contribution in [3.05, 3.63) is 15.4 Å². The van der Waals surface area contributed by atoms with Crippen molar-refractivity contribution in [1.29, 1.82) is 0 Å². The Balaban J connectivity index is 2.82. The molecule has 0 bridgehead atoms. The third kappa shape index (κ3) is 3.02. The normalized spacial score (nSPS) is 10.4. The molecule has 0 aromatic carbocycles. The number of hydrogen-bond donors (Lipinski definition) is 1. The summed E-state index contributed by atoms with van der Waals surface area (Å²) in [6.07, 6.45) is 1.53. The summed E-state index contributed by atoms with van der Waals surface area (Å²) in [5, 5.41) is 2.66. The van der Waals surface area contributed by atoms with E-state index in [0.717, 1.165) is 0 Å². The Morgan fingerprint density at radius 1 is 1.50 bits per heavy atom. The van der Waals surface area contributed by atoms with Crippen LogP contribution in [0.5, 0.6) is 0 Å². The van der Waals surface area contributed by atoms with Crippen LogP contribution in [0.4, 0.5) is 5.82 Å². The summed E-state index contributed by atoms with van der Waals surface area (Å²) < 4.78 is 1.13. The van der Waals surface area contributed by atoms with Crippen LogP contribution in [-0.4, -0.2) is 15.9 Å². The predicted octanol–water partition coefficient (Wildman–Crippen LogP) is 2.60. The highest BCUT2D eigenvalue weighted by molar-refractivity contribution is 9.11. The third-order valence-electron chi connectivity index (χ3n) is 1.47. The summed E-state index contributed by atoms with van der Waals surface area (Å²) >= 11 is 6.38. The number of anilines is 1. The van der Waals surface area contributed by atoms with Crippen LogP contribution in [0.15, 0.2) is 15.4 Å². The molecule has 0 aliphatic rings. The van der Waals surface area contributed by atoms with Crippen LogP contribution in [0.2, 0.25) is 0 Å². The second-order valence-corrected chi connectivity index (χ2v) is 4.54. The second-order valence-electron chi connectivity index (χ2n) is 2.98. The Labute approximate surface area is 98.8 Å². The number of amides is 1. The lowest BCUT2D eigenvalue weighted by atomic mass is 10.2. The highest BCUT2D eigenvalue weighted by Gasteiger charge is 2.10. The van der Waals surface area contributed by atoms with Gasteiger partial charge in [0.1, 0.15) is 9.21 Å². The van der Waals surface area contributed by atoms with Crippen molar-refractivity contribution in [3.8, 4) is 0 Å². The summed E-state index contributed by atoms with van der Waals surface area (Å²) in [4.78, 5) is 19.4. The zero-order valence-corrected chi connectivity index (χ0v) is 10.9. The Morgan fingerprint density at radius 3 is 2.64 bits per heavy atom. The average Bonchev–Trinajstić information content (AvgIpc) is 2.09. The number of hydrogen-bond acceptors (Lipinski definition) is 3. The molecule has 14 heavy (non-hydrogen) atoms. The van der Waals surface area contributed by atoms with Gasteiger partial charge in [-0.05, 0) is 31.9 Å². The largest absolute Gasteiger partial charge is 0.308 e. The molecule has 0 saturated heterocycles. The molecule has 1 N–H and O–H groups in total. The molecule has 6 heteroatoms. The molecule has 0 aliphatic heterocycles. The summed E-state index contributed by atoms with van der Waals surface area (Å²) in [7, 11) is 0. The van der Waals surface area contributed by atoms with Gasteiger partial charge in [0.2, 0.25) is 5.91 Å². The zero-order valence-electron chi connectivity index (χ0n) is 7.71. The summed E-state index contributed by atoms with van der Waals surface area (Å²) in [6.45, 7) is 3.63. The fourth-order valence-electron chi connectivity index (χ4n) is 0.692. The molecule has 0 unspecified atom stereocenters. The van der Waals surface area contributed by atoms with Gasteiger partial charge in [0, 0.05) is 5.92 Å². The van der Waals surface area contributed by atoms with Crippen molar-refractivity contribution < 1.29 is 4.79 Å². The Hall–Kier alpha value is -0.490. The van der Waals surface area contributed by atoms with E-state index in [-0.39, 0.29) is 11.8 Å². The minimum Gasteiger partial charge on any atom is -0.308 e. The number of halogens is 2.